The SMILES string of the molecule is Cc1c(I)cc(C#N)cc1C(=O)O. The standard InChI is InChI=1S/C9H6INO2/c1-5-7(9(12)13)2-6(4-11)3-8(5)10/h2-3H,1H3,(H,12,13). The molecule has 0 amide bonds. The first kappa shape index (κ1) is 9.99. The molecule has 1 N–H and O–H groups in total. The molecule has 0 aliphatic carbocycles. The fraction of sp³-hybridized carbons (Fsp3) is 0.111. The zero-order chi connectivity index (χ0) is 10.0. The van der Waals surface area contributed by atoms with Crippen LogP contribution in [0.1, 0.15) is 21.5 Å². The van der Waals surface area contributed by atoms with Gasteiger partial charge in [-0.2, -0.15) is 5.26 Å². The number of carboxylic acid groups (broad SMARTS) is 1. The number of carbonyl (C=O) groups is 1. The molecular formula is C9H6INO2. The average Bonchev–Trinajstić information content (AvgIpc) is 2.09. The number of nitriles is 1. The summed E-state index contributed by atoms with van der Waals surface area (Å²) in [6, 6.07) is 4.98. The number of carboxylic acids is 1. The van der Waals surface area contributed by atoms with Crippen molar-refractivity contribution < 1.29 is 9.90 Å². The molecule has 0 fully saturated rings. The van der Waals surface area contributed by atoms with Gasteiger partial charge >= 0.3 is 5.97 Å². The molecule has 0 atom stereocenters. The minimum atomic E-state index is -0.993. The molecule has 0 saturated carbocycles. The van der Waals surface area contributed by atoms with Gasteiger partial charge < -0.3 is 5.11 Å². The summed E-state index contributed by atoms with van der Waals surface area (Å²) in [6.45, 7) is 1.73. The van der Waals surface area contributed by atoms with Crippen molar-refractivity contribution in [3.8, 4) is 6.07 Å². The highest BCUT2D eigenvalue weighted by molar-refractivity contribution is 14.1. The van der Waals surface area contributed by atoms with Crippen LogP contribution in [0.2, 0.25) is 0 Å². The first-order chi connectivity index (χ1) is 6.06. The zero-order valence-electron chi connectivity index (χ0n) is 6.84. The van der Waals surface area contributed by atoms with E-state index in [1.165, 1.54) is 6.07 Å². The topological polar surface area (TPSA) is 61.1 Å². The summed E-state index contributed by atoms with van der Waals surface area (Å²) < 4.78 is 0.800. The molecule has 0 spiro atoms. The van der Waals surface area contributed by atoms with Gasteiger partial charge in [-0.15, -0.1) is 0 Å². The summed E-state index contributed by atoms with van der Waals surface area (Å²) in [5.74, 6) is -0.993. The Morgan fingerprint density at radius 3 is 2.69 bits per heavy atom. The molecule has 0 radical (unpaired) electrons. The molecule has 1 aromatic rings. The van der Waals surface area contributed by atoms with Crippen molar-refractivity contribution in [3.63, 3.8) is 0 Å². The molecule has 4 heteroatoms. The molecule has 0 aliphatic rings. The van der Waals surface area contributed by atoms with Crippen LogP contribution in [0.15, 0.2) is 12.1 Å². The Labute approximate surface area is 89.1 Å². The van der Waals surface area contributed by atoms with E-state index >= 15 is 0 Å². The molecule has 1 aromatic carbocycles. The van der Waals surface area contributed by atoms with E-state index in [9.17, 15) is 4.79 Å². The molecule has 0 aliphatic heterocycles. The number of benzene rings is 1. The Morgan fingerprint density at radius 2 is 2.23 bits per heavy atom. The number of aromatic carboxylic acids is 1. The minimum absolute atomic E-state index is 0.198. The number of rotatable bonds is 1. The third kappa shape index (κ3) is 1.98. The lowest BCUT2D eigenvalue weighted by Gasteiger charge is -2.03. The molecule has 0 aromatic heterocycles. The predicted molar refractivity (Wildman–Crippen MR) is 55.6 cm³/mol. The fourth-order valence-electron chi connectivity index (χ4n) is 0.966. The van der Waals surface area contributed by atoms with Crippen molar-refractivity contribution in [2.75, 3.05) is 0 Å². The van der Waals surface area contributed by atoms with E-state index in [1.54, 1.807) is 13.0 Å². The second-order valence-corrected chi connectivity index (χ2v) is 3.71. The van der Waals surface area contributed by atoms with Gasteiger partial charge in [0.05, 0.1) is 17.2 Å². The first-order valence-electron chi connectivity index (χ1n) is 3.50. The maximum atomic E-state index is 10.7. The minimum Gasteiger partial charge on any atom is -0.478 e. The Bertz CT molecular complexity index is 407. The third-order valence-electron chi connectivity index (χ3n) is 1.70. The van der Waals surface area contributed by atoms with Crippen molar-refractivity contribution in [1.29, 1.82) is 5.26 Å². The lowest BCUT2D eigenvalue weighted by molar-refractivity contribution is 0.0696. The van der Waals surface area contributed by atoms with Crippen molar-refractivity contribution in [2.24, 2.45) is 0 Å². The quantitative estimate of drug-likeness (QED) is 0.805. The Kier molecular flexibility index (Phi) is 2.88. The van der Waals surface area contributed by atoms with E-state index in [0.29, 0.717) is 11.1 Å². The largest absolute Gasteiger partial charge is 0.478 e. The summed E-state index contributed by atoms with van der Waals surface area (Å²) >= 11 is 2.02. The Morgan fingerprint density at radius 1 is 1.62 bits per heavy atom. The van der Waals surface area contributed by atoms with Crippen LogP contribution in [0.3, 0.4) is 0 Å². The van der Waals surface area contributed by atoms with Crippen molar-refractivity contribution in [3.05, 3.63) is 32.4 Å². The summed E-state index contributed by atoms with van der Waals surface area (Å²) in [5.41, 5.74) is 1.28. The normalized spacial score (nSPS) is 9.31. The fourth-order valence-corrected chi connectivity index (χ4v) is 1.59. The van der Waals surface area contributed by atoms with Crippen LogP contribution in [-0.4, -0.2) is 11.1 Å². The molecule has 13 heavy (non-hydrogen) atoms. The summed E-state index contributed by atoms with van der Waals surface area (Å²) in [5, 5.41) is 17.4. The summed E-state index contributed by atoms with van der Waals surface area (Å²) in [6.07, 6.45) is 0. The van der Waals surface area contributed by atoms with Gasteiger partial charge in [0.15, 0.2) is 0 Å². The highest BCUT2D eigenvalue weighted by atomic mass is 127. The molecule has 1 rings (SSSR count). The van der Waals surface area contributed by atoms with E-state index in [0.717, 1.165) is 3.57 Å². The van der Waals surface area contributed by atoms with E-state index in [2.05, 4.69) is 0 Å². The predicted octanol–water partition coefficient (Wildman–Crippen LogP) is 2.17. The maximum absolute atomic E-state index is 10.7. The number of nitrogens with zero attached hydrogens (tertiary/aromatic N) is 1. The van der Waals surface area contributed by atoms with Crippen molar-refractivity contribution in [2.45, 2.75) is 6.92 Å². The van der Waals surface area contributed by atoms with E-state index in [1.807, 2.05) is 28.7 Å². The third-order valence-corrected chi connectivity index (χ3v) is 2.82. The Hall–Kier alpha value is -1.09. The van der Waals surface area contributed by atoms with Gasteiger partial charge in [-0.1, -0.05) is 0 Å². The summed E-state index contributed by atoms with van der Waals surface area (Å²) in [7, 11) is 0. The van der Waals surface area contributed by atoms with E-state index in [-0.39, 0.29) is 5.56 Å². The van der Waals surface area contributed by atoms with Gasteiger partial charge in [-0.05, 0) is 47.2 Å². The molecule has 0 heterocycles. The van der Waals surface area contributed by atoms with Gasteiger partial charge in [0.1, 0.15) is 0 Å². The average molecular weight is 287 g/mol. The van der Waals surface area contributed by atoms with Gasteiger partial charge in [0.2, 0.25) is 0 Å². The van der Waals surface area contributed by atoms with Gasteiger partial charge in [0, 0.05) is 3.57 Å². The van der Waals surface area contributed by atoms with Crippen LogP contribution in [0.25, 0.3) is 0 Å². The molecule has 66 valence electrons. The van der Waals surface area contributed by atoms with Crippen LogP contribution >= 0.6 is 22.6 Å². The molecule has 0 saturated heterocycles. The number of hydrogen-bond donors (Lipinski definition) is 1. The highest BCUT2D eigenvalue weighted by Crippen LogP contribution is 2.18. The second kappa shape index (κ2) is 3.75. The van der Waals surface area contributed by atoms with Crippen molar-refractivity contribution in [1.82, 2.24) is 0 Å². The second-order valence-electron chi connectivity index (χ2n) is 2.55. The molecule has 0 unspecified atom stereocenters. The van der Waals surface area contributed by atoms with Gasteiger partial charge in [0.25, 0.3) is 0 Å². The lowest BCUT2D eigenvalue weighted by atomic mass is 10.1. The zero-order valence-corrected chi connectivity index (χ0v) is 8.99. The van der Waals surface area contributed by atoms with Crippen LogP contribution < -0.4 is 0 Å². The lowest BCUT2D eigenvalue weighted by Crippen LogP contribution is -2.02. The van der Waals surface area contributed by atoms with Crippen LogP contribution in [0, 0.1) is 21.8 Å². The monoisotopic (exact) mass is 287 g/mol. The molecule has 3 nitrogen and oxygen atoms in total. The Balaban J connectivity index is 3.44. The number of halogens is 1. The molecular weight excluding hydrogens is 281 g/mol. The van der Waals surface area contributed by atoms with Gasteiger partial charge in [-0.25, -0.2) is 4.79 Å². The van der Waals surface area contributed by atoms with E-state index < -0.39 is 5.97 Å². The van der Waals surface area contributed by atoms with Crippen LogP contribution in [-0.2, 0) is 0 Å². The van der Waals surface area contributed by atoms with Crippen molar-refractivity contribution >= 4 is 28.6 Å². The van der Waals surface area contributed by atoms with E-state index in [4.69, 9.17) is 10.4 Å². The smallest absolute Gasteiger partial charge is 0.336 e. The van der Waals surface area contributed by atoms with Gasteiger partial charge in [-0.3, -0.25) is 0 Å². The van der Waals surface area contributed by atoms with Crippen LogP contribution in [0.4, 0.5) is 0 Å². The first-order valence-corrected chi connectivity index (χ1v) is 4.57. The van der Waals surface area contributed by atoms with Crippen LogP contribution in [0.5, 0.6) is 0 Å². The number of hydrogen-bond acceptors (Lipinski definition) is 2. The maximum Gasteiger partial charge on any atom is 0.336 e. The summed E-state index contributed by atoms with van der Waals surface area (Å²) in [4.78, 5) is 10.7. The molecule has 0 bridgehead atoms. The highest BCUT2D eigenvalue weighted by Gasteiger charge is 2.10.